The van der Waals surface area contributed by atoms with Crippen LogP contribution in [0.25, 0.3) is 0 Å². The van der Waals surface area contributed by atoms with E-state index in [4.69, 9.17) is 10.5 Å². The molecule has 0 spiro atoms. The summed E-state index contributed by atoms with van der Waals surface area (Å²) in [6.45, 7) is 0.610. The van der Waals surface area contributed by atoms with Gasteiger partial charge in [-0.15, -0.1) is 0 Å². The van der Waals surface area contributed by atoms with E-state index in [1.54, 1.807) is 24.3 Å². The lowest BCUT2D eigenvalue weighted by Crippen LogP contribution is -2.38. The van der Waals surface area contributed by atoms with Crippen LogP contribution in [0.15, 0.2) is 24.3 Å². The van der Waals surface area contributed by atoms with Crippen molar-refractivity contribution in [1.82, 2.24) is 0 Å². The van der Waals surface area contributed by atoms with Crippen molar-refractivity contribution in [3.05, 3.63) is 29.8 Å². The van der Waals surface area contributed by atoms with Crippen LogP contribution in [0, 0.1) is 0 Å². The molecule has 96 valence electrons. The number of rotatable bonds is 3. The Morgan fingerprint density at radius 2 is 2.17 bits per heavy atom. The fourth-order valence-corrected chi connectivity index (χ4v) is 1.83. The summed E-state index contributed by atoms with van der Waals surface area (Å²) in [4.78, 5) is 24.3. The normalized spacial score (nSPS) is 18.7. The smallest absolute Gasteiger partial charge is 0.414 e. The summed E-state index contributed by atoms with van der Waals surface area (Å²) in [7, 11) is 1.32. The standard InChI is InChI=1S/C12H14N2O4/c1-17-11(15)8-2-4-9(5-3-8)14-10(6-13)7-18-12(14)16/h2-5,10H,6-7,13H2,1H3. The molecule has 0 aliphatic carbocycles. The van der Waals surface area contributed by atoms with Gasteiger partial charge in [0.15, 0.2) is 0 Å². The number of nitrogens with two attached hydrogens (primary N) is 1. The van der Waals surface area contributed by atoms with Crippen LogP contribution < -0.4 is 10.6 Å². The summed E-state index contributed by atoms with van der Waals surface area (Å²) >= 11 is 0. The Morgan fingerprint density at radius 1 is 1.50 bits per heavy atom. The number of carbonyl (C=O) groups excluding carboxylic acids is 2. The van der Waals surface area contributed by atoms with Crippen LogP contribution in [0.4, 0.5) is 10.5 Å². The Labute approximate surface area is 104 Å². The Kier molecular flexibility index (Phi) is 3.47. The van der Waals surface area contributed by atoms with Crippen LogP contribution >= 0.6 is 0 Å². The van der Waals surface area contributed by atoms with E-state index >= 15 is 0 Å². The number of methoxy groups -OCH3 is 1. The maximum atomic E-state index is 11.6. The van der Waals surface area contributed by atoms with Gasteiger partial charge in [-0.05, 0) is 24.3 Å². The van der Waals surface area contributed by atoms with Gasteiger partial charge in [0.25, 0.3) is 0 Å². The molecule has 2 rings (SSSR count). The highest BCUT2D eigenvalue weighted by molar-refractivity contribution is 5.93. The van der Waals surface area contributed by atoms with Crippen molar-refractivity contribution in [2.75, 3.05) is 25.2 Å². The molecule has 1 aromatic rings. The van der Waals surface area contributed by atoms with E-state index in [1.807, 2.05) is 0 Å². The fourth-order valence-electron chi connectivity index (χ4n) is 1.83. The summed E-state index contributed by atoms with van der Waals surface area (Å²) < 4.78 is 9.54. The molecule has 1 aliphatic heterocycles. The molecule has 1 unspecified atom stereocenters. The molecule has 1 heterocycles. The second kappa shape index (κ2) is 5.05. The third kappa shape index (κ3) is 2.14. The largest absolute Gasteiger partial charge is 0.465 e. The van der Waals surface area contributed by atoms with Crippen molar-refractivity contribution in [3.63, 3.8) is 0 Å². The molecule has 6 nitrogen and oxygen atoms in total. The van der Waals surface area contributed by atoms with Gasteiger partial charge in [-0.1, -0.05) is 0 Å². The number of esters is 1. The van der Waals surface area contributed by atoms with Gasteiger partial charge in [-0.3, -0.25) is 4.90 Å². The lowest BCUT2D eigenvalue weighted by molar-refractivity contribution is 0.0600. The van der Waals surface area contributed by atoms with E-state index in [2.05, 4.69) is 4.74 Å². The fraction of sp³-hybridized carbons (Fsp3) is 0.333. The van der Waals surface area contributed by atoms with Crippen LogP contribution in [-0.4, -0.2) is 38.4 Å². The van der Waals surface area contributed by atoms with Gasteiger partial charge >= 0.3 is 12.1 Å². The molecule has 1 aromatic carbocycles. The molecular formula is C12H14N2O4. The third-order valence-electron chi connectivity index (χ3n) is 2.80. The van der Waals surface area contributed by atoms with Gasteiger partial charge in [-0.2, -0.15) is 0 Å². The predicted molar refractivity (Wildman–Crippen MR) is 64.5 cm³/mol. The van der Waals surface area contributed by atoms with Crippen molar-refractivity contribution in [3.8, 4) is 0 Å². The molecule has 0 aromatic heterocycles. The first-order valence-electron chi connectivity index (χ1n) is 5.51. The Balaban J connectivity index is 2.23. The summed E-state index contributed by atoms with van der Waals surface area (Å²) in [5.41, 5.74) is 6.66. The minimum absolute atomic E-state index is 0.165. The number of benzene rings is 1. The zero-order chi connectivity index (χ0) is 13.1. The van der Waals surface area contributed by atoms with E-state index in [9.17, 15) is 9.59 Å². The number of carbonyl (C=O) groups is 2. The maximum Gasteiger partial charge on any atom is 0.414 e. The molecular weight excluding hydrogens is 236 g/mol. The van der Waals surface area contributed by atoms with Crippen LogP contribution in [0.5, 0.6) is 0 Å². The number of nitrogens with zero attached hydrogens (tertiary/aromatic N) is 1. The molecule has 1 aliphatic rings. The Hall–Kier alpha value is -2.08. The Morgan fingerprint density at radius 3 is 2.72 bits per heavy atom. The summed E-state index contributed by atoms with van der Waals surface area (Å²) in [6, 6.07) is 6.37. The van der Waals surface area contributed by atoms with Crippen molar-refractivity contribution < 1.29 is 19.1 Å². The van der Waals surface area contributed by atoms with Crippen LogP contribution in [0.2, 0.25) is 0 Å². The van der Waals surface area contributed by atoms with Crippen molar-refractivity contribution >= 4 is 17.7 Å². The van der Waals surface area contributed by atoms with Crippen molar-refractivity contribution in [2.45, 2.75) is 6.04 Å². The van der Waals surface area contributed by atoms with Crippen LogP contribution in [0.3, 0.4) is 0 Å². The number of amides is 1. The van der Waals surface area contributed by atoms with Crippen molar-refractivity contribution in [1.29, 1.82) is 0 Å². The van der Waals surface area contributed by atoms with Crippen LogP contribution in [-0.2, 0) is 9.47 Å². The first-order chi connectivity index (χ1) is 8.67. The molecule has 6 heteroatoms. The van der Waals surface area contributed by atoms with Gasteiger partial charge in [0.1, 0.15) is 6.61 Å². The average Bonchev–Trinajstić information content (AvgIpc) is 2.79. The van der Waals surface area contributed by atoms with Gasteiger partial charge in [0.05, 0.1) is 18.7 Å². The summed E-state index contributed by atoms with van der Waals surface area (Å²) in [5.74, 6) is -0.416. The quantitative estimate of drug-likeness (QED) is 0.801. The molecule has 0 saturated carbocycles. The predicted octanol–water partition coefficient (Wildman–Crippen LogP) is 0.757. The summed E-state index contributed by atoms with van der Waals surface area (Å²) in [5, 5.41) is 0. The van der Waals surface area contributed by atoms with Crippen molar-refractivity contribution in [2.24, 2.45) is 5.73 Å². The van der Waals surface area contributed by atoms with E-state index in [-0.39, 0.29) is 12.6 Å². The van der Waals surface area contributed by atoms with E-state index in [1.165, 1.54) is 12.0 Å². The molecule has 1 amide bonds. The molecule has 2 N–H and O–H groups in total. The molecule has 1 atom stereocenters. The molecule has 18 heavy (non-hydrogen) atoms. The molecule has 1 fully saturated rings. The SMILES string of the molecule is COC(=O)c1ccc(N2C(=O)OCC2CN)cc1. The number of cyclic esters (lactones) is 1. The lowest BCUT2D eigenvalue weighted by atomic mass is 10.2. The number of hydrogen-bond donors (Lipinski definition) is 1. The second-order valence-corrected chi connectivity index (χ2v) is 3.87. The molecule has 0 radical (unpaired) electrons. The zero-order valence-corrected chi connectivity index (χ0v) is 9.96. The van der Waals surface area contributed by atoms with E-state index in [0.717, 1.165) is 0 Å². The van der Waals surface area contributed by atoms with Gasteiger partial charge in [-0.25, -0.2) is 9.59 Å². The highest BCUT2D eigenvalue weighted by Gasteiger charge is 2.33. The minimum Gasteiger partial charge on any atom is -0.465 e. The average molecular weight is 250 g/mol. The molecule has 0 bridgehead atoms. The minimum atomic E-state index is -0.420. The Bertz CT molecular complexity index is 458. The molecule has 1 saturated heterocycles. The second-order valence-electron chi connectivity index (χ2n) is 3.87. The first kappa shape index (κ1) is 12.4. The van der Waals surface area contributed by atoms with Gasteiger partial charge in [0, 0.05) is 12.2 Å². The van der Waals surface area contributed by atoms with E-state index in [0.29, 0.717) is 17.8 Å². The number of anilines is 1. The third-order valence-corrected chi connectivity index (χ3v) is 2.80. The summed E-state index contributed by atoms with van der Waals surface area (Å²) in [6.07, 6.45) is -0.420. The van der Waals surface area contributed by atoms with Crippen LogP contribution in [0.1, 0.15) is 10.4 Å². The number of ether oxygens (including phenoxy) is 2. The zero-order valence-electron chi connectivity index (χ0n) is 9.96. The lowest BCUT2D eigenvalue weighted by Gasteiger charge is -2.19. The monoisotopic (exact) mass is 250 g/mol. The maximum absolute atomic E-state index is 11.6. The van der Waals surface area contributed by atoms with Gasteiger partial charge < -0.3 is 15.2 Å². The number of hydrogen-bond acceptors (Lipinski definition) is 5. The van der Waals surface area contributed by atoms with E-state index < -0.39 is 12.1 Å². The topological polar surface area (TPSA) is 81.9 Å². The van der Waals surface area contributed by atoms with Gasteiger partial charge in [0.2, 0.25) is 0 Å². The first-order valence-corrected chi connectivity index (χ1v) is 5.51. The highest BCUT2D eigenvalue weighted by Crippen LogP contribution is 2.23. The highest BCUT2D eigenvalue weighted by atomic mass is 16.6.